The molecule has 1 amide bonds. The SMILES string of the molecule is CCOc1ccc(C(=O)N2CCN(c3ccc(F)cc3)CC2)cc1COc1ccccc1OC. The van der Waals surface area contributed by atoms with Gasteiger partial charge in [0.1, 0.15) is 18.2 Å². The lowest BCUT2D eigenvalue weighted by molar-refractivity contribution is 0.0746. The van der Waals surface area contributed by atoms with Gasteiger partial charge in [0.05, 0.1) is 13.7 Å². The van der Waals surface area contributed by atoms with E-state index in [2.05, 4.69) is 4.90 Å². The lowest BCUT2D eigenvalue weighted by Gasteiger charge is -2.36. The van der Waals surface area contributed by atoms with Gasteiger partial charge in [0, 0.05) is 43.0 Å². The summed E-state index contributed by atoms with van der Waals surface area (Å²) in [6.45, 7) is 5.25. The average Bonchev–Trinajstić information content (AvgIpc) is 2.88. The summed E-state index contributed by atoms with van der Waals surface area (Å²) in [5.74, 6) is 1.68. The zero-order valence-corrected chi connectivity index (χ0v) is 19.5. The van der Waals surface area contributed by atoms with Crippen molar-refractivity contribution in [2.75, 3.05) is 44.8 Å². The summed E-state index contributed by atoms with van der Waals surface area (Å²) < 4.78 is 30.3. The molecule has 0 aliphatic carbocycles. The highest BCUT2D eigenvalue weighted by molar-refractivity contribution is 5.94. The summed E-state index contributed by atoms with van der Waals surface area (Å²) in [5, 5.41) is 0. The molecule has 0 bridgehead atoms. The third-order valence-corrected chi connectivity index (χ3v) is 5.82. The number of hydrogen-bond acceptors (Lipinski definition) is 5. The van der Waals surface area contributed by atoms with Crippen LogP contribution in [-0.4, -0.2) is 50.7 Å². The molecule has 34 heavy (non-hydrogen) atoms. The molecule has 4 rings (SSSR count). The Morgan fingerprint density at radius 2 is 1.59 bits per heavy atom. The molecule has 3 aromatic rings. The normalized spacial score (nSPS) is 13.5. The van der Waals surface area contributed by atoms with Crippen molar-refractivity contribution in [3.8, 4) is 17.2 Å². The molecule has 0 N–H and O–H groups in total. The van der Waals surface area contributed by atoms with Crippen LogP contribution in [-0.2, 0) is 6.61 Å². The Balaban J connectivity index is 1.45. The molecule has 1 saturated heterocycles. The molecule has 0 aromatic heterocycles. The number of rotatable bonds is 8. The van der Waals surface area contributed by atoms with Crippen molar-refractivity contribution in [3.05, 3.63) is 83.7 Å². The number of carbonyl (C=O) groups is 1. The van der Waals surface area contributed by atoms with Gasteiger partial charge in [0.2, 0.25) is 0 Å². The van der Waals surface area contributed by atoms with Crippen LogP contribution in [0.25, 0.3) is 0 Å². The Kier molecular flexibility index (Phi) is 7.52. The van der Waals surface area contributed by atoms with E-state index in [0.717, 1.165) is 11.3 Å². The van der Waals surface area contributed by atoms with Crippen LogP contribution in [0.4, 0.5) is 10.1 Å². The van der Waals surface area contributed by atoms with Gasteiger partial charge < -0.3 is 24.0 Å². The highest BCUT2D eigenvalue weighted by Crippen LogP contribution is 2.29. The number of carbonyl (C=O) groups excluding carboxylic acids is 1. The second kappa shape index (κ2) is 10.9. The molecular formula is C27H29FN2O4. The van der Waals surface area contributed by atoms with Gasteiger partial charge in [-0.05, 0) is 61.5 Å². The minimum Gasteiger partial charge on any atom is -0.493 e. The van der Waals surface area contributed by atoms with Gasteiger partial charge in [-0.25, -0.2) is 4.39 Å². The van der Waals surface area contributed by atoms with Crippen LogP contribution in [0.2, 0.25) is 0 Å². The van der Waals surface area contributed by atoms with E-state index < -0.39 is 0 Å². The minimum absolute atomic E-state index is 0.0275. The standard InChI is InChI=1S/C27H29FN2O4/c1-3-33-24-13-8-20(18-21(24)19-34-26-7-5-4-6-25(26)32-2)27(31)30-16-14-29(15-17-30)23-11-9-22(28)10-12-23/h4-13,18H,3,14-17,19H2,1-2H3. The second-order valence-corrected chi connectivity index (χ2v) is 7.95. The highest BCUT2D eigenvalue weighted by atomic mass is 19.1. The molecule has 178 valence electrons. The fraction of sp³-hybridized carbons (Fsp3) is 0.296. The van der Waals surface area contributed by atoms with Gasteiger partial charge in [-0.2, -0.15) is 0 Å². The Labute approximate surface area is 199 Å². The number of nitrogens with zero attached hydrogens (tertiary/aromatic N) is 2. The predicted molar refractivity (Wildman–Crippen MR) is 129 cm³/mol. The van der Waals surface area contributed by atoms with Crippen LogP contribution >= 0.6 is 0 Å². The first-order chi connectivity index (χ1) is 16.6. The van der Waals surface area contributed by atoms with Crippen molar-refractivity contribution >= 4 is 11.6 Å². The van der Waals surface area contributed by atoms with Crippen molar-refractivity contribution < 1.29 is 23.4 Å². The quantitative estimate of drug-likeness (QED) is 0.481. The molecule has 0 atom stereocenters. The lowest BCUT2D eigenvalue weighted by Crippen LogP contribution is -2.48. The second-order valence-electron chi connectivity index (χ2n) is 7.95. The lowest BCUT2D eigenvalue weighted by atomic mass is 10.1. The summed E-state index contributed by atoms with van der Waals surface area (Å²) in [6, 6.07) is 19.4. The molecule has 0 saturated carbocycles. The van der Waals surface area contributed by atoms with Crippen molar-refractivity contribution in [1.29, 1.82) is 0 Å². The molecule has 1 heterocycles. The topological polar surface area (TPSA) is 51.2 Å². The number of anilines is 1. The van der Waals surface area contributed by atoms with E-state index in [1.54, 1.807) is 25.3 Å². The van der Waals surface area contributed by atoms with Gasteiger partial charge in [0.15, 0.2) is 11.5 Å². The number of benzene rings is 3. The van der Waals surface area contributed by atoms with Gasteiger partial charge in [0.25, 0.3) is 5.91 Å². The maximum absolute atomic E-state index is 13.2. The van der Waals surface area contributed by atoms with E-state index in [0.29, 0.717) is 55.6 Å². The maximum atomic E-state index is 13.2. The number of para-hydroxylation sites is 2. The summed E-state index contributed by atoms with van der Waals surface area (Å²) in [6.07, 6.45) is 0. The number of piperazine rings is 1. The number of halogens is 1. The van der Waals surface area contributed by atoms with E-state index in [4.69, 9.17) is 14.2 Å². The molecule has 1 fully saturated rings. The Bertz CT molecular complexity index is 1110. The third-order valence-electron chi connectivity index (χ3n) is 5.82. The Morgan fingerprint density at radius 1 is 0.882 bits per heavy atom. The van der Waals surface area contributed by atoms with E-state index in [9.17, 15) is 9.18 Å². The fourth-order valence-electron chi connectivity index (χ4n) is 4.02. The first kappa shape index (κ1) is 23.4. The summed E-state index contributed by atoms with van der Waals surface area (Å²) in [5.41, 5.74) is 2.35. The highest BCUT2D eigenvalue weighted by Gasteiger charge is 2.23. The van der Waals surface area contributed by atoms with E-state index in [-0.39, 0.29) is 18.3 Å². The zero-order chi connectivity index (χ0) is 23.9. The van der Waals surface area contributed by atoms with Crippen LogP contribution in [0.5, 0.6) is 17.2 Å². The number of methoxy groups -OCH3 is 1. The van der Waals surface area contributed by atoms with Crippen LogP contribution in [0.3, 0.4) is 0 Å². The Morgan fingerprint density at radius 3 is 2.26 bits per heavy atom. The molecule has 1 aliphatic rings. The number of amides is 1. The molecule has 0 unspecified atom stereocenters. The van der Waals surface area contributed by atoms with Crippen LogP contribution in [0, 0.1) is 5.82 Å². The monoisotopic (exact) mass is 464 g/mol. The van der Waals surface area contributed by atoms with Crippen LogP contribution < -0.4 is 19.1 Å². The van der Waals surface area contributed by atoms with Crippen molar-refractivity contribution in [1.82, 2.24) is 4.90 Å². The van der Waals surface area contributed by atoms with Gasteiger partial charge in [-0.15, -0.1) is 0 Å². The van der Waals surface area contributed by atoms with Crippen molar-refractivity contribution in [3.63, 3.8) is 0 Å². The molecule has 0 radical (unpaired) electrons. The van der Waals surface area contributed by atoms with E-state index in [1.165, 1.54) is 12.1 Å². The Hall–Kier alpha value is -3.74. The number of ether oxygens (including phenoxy) is 3. The third kappa shape index (κ3) is 5.42. The molecule has 1 aliphatic heterocycles. The summed E-state index contributed by atoms with van der Waals surface area (Å²) >= 11 is 0. The molecule has 3 aromatic carbocycles. The van der Waals surface area contributed by atoms with Gasteiger partial charge in [-0.3, -0.25) is 4.79 Å². The zero-order valence-electron chi connectivity index (χ0n) is 19.5. The van der Waals surface area contributed by atoms with Crippen LogP contribution in [0.15, 0.2) is 66.7 Å². The average molecular weight is 465 g/mol. The van der Waals surface area contributed by atoms with Gasteiger partial charge >= 0.3 is 0 Å². The van der Waals surface area contributed by atoms with Gasteiger partial charge in [-0.1, -0.05) is 12.1 Å². The summed E-state index contributed by atoms with van der Waals surface area (Å²) in [4.78, 5) is 17.2. The van der Waals surface area contributed by atoms with E-state index >= 15 is 0 Å². The smallest absolute Gasteiger partial charge is 0.253 e. The van der Waals surface area contributed by atoms with Crippen molar-refractivity contribution in [2.45, 2.75) is 13.5 Å². The van der Waals surface area contributed by atoms with Crippen LogP contribution in [0.1, 0.15) is 22.8 Å². The first-order valence-corrected chi connectivity index (χ1v) is 11.4. The largest absolute Gasteiger partial charge is 0.493 e. The molecular weight excluding hydrogens is 435 g/mol. The molecule has 0 spiro atoms. The number of hydrogen-bond donors (Lipinski definition) is 0. The van der Waals surface area contributed by atoms with Crippen molar-refractivity contribution in [2.24, 2.45) is 0 Å². The molecule has 7 heteroatoms. The molecule has 6 nitrogen and oxygen atoms in total. The first-order valence-electron chi connectivity index (χ1n) is 11.4. The summed E-state index contributed by atoms with van der Waals surface area (Å²) in [7, 11) is 1.60. The van der Waals surface area contributed by atoms with E-state index in [1.807, 2.05) is 48.2 Å². The minimum atomic E-state index is -0.251. The maximum Gasteiger partial charge on any atom is 0.253 e. The predicted octanol–water partition coefficient (Wildman–Crippen LogP) is 4.77. The fourth-order valence-corrected chi connectivity index (χ4v) is 4.02.